The number of methoxy groups -OCH3 is 1. The molecular weight excluding hydrogens is 284 g/mol. The maximum atomic E-state index is 11.5. The van der Waals surface area contributed by atoms with E-state index in [1.54, 1.807) is 7.11 Å². The molecule has 0 N–H and O–H groups in total. The molecule has 3 unspecified atom stereocenters. The van der Waals surface area contributed by atoms with Crippen LogP contribution in [-0.2, 0) is 25.8 Å². The number of hydrogen-bond acceptors (Lipinski definition) is 2. The normalized spacial score (nSPS) is 33.8. The lowest BCUT2D eigenvalue weighted by atomic mass is 9.62. The van der Waals surface area contributed by atoms with Gasteiger partial charge >= 0.3 is 0 Å². The molecule has 2 aliphatic rings. The Balaban J connectivity index is 2.06. The van der Waals surface area contributed by atoms with Crippen molar-refractivity contribution < 1.29 is 9.53 Å². The molecule has 0 saturated heterocycles. The van der Waals surface area contributed by atoms with Crippen molar-refractivity contribution in [1.29, 1.82) is 0 Å². The molecule has 126 valence electrons. The number of benzene rings is 1. The average Bonchev–Trinajstić information content (AvgIpc) is 3.09. The summed E-state index contributed by atoms with van der Waals surface area (Å²) >= 11 is 0. The second-order valence-corrected chi connectivity index (χ2v) is 9.03. The quantitative estimate of drug-likeness (QED) is 0.771. The lowest BCUT2D eigenvalue weighted by Crippen LogP contribution is -2.34. The first-order valence-corrected chi connectivity index (χ1v) is 8.78. The van der Waals surface area contributed by atoms with E-state index in [-0.39, 0.29) is 22.2 Å². The maximum Gasteiger partial charge on any atom is 0.124 e. The fraction of sp³-hybridized carbons (Fsp3) is 0.667. The van der Waals surface area contributed by atoms with Crippen molar-refractivity contribution in [3.8, 4) is 0 Å². The minimum Gasteiger partial charge on any atom is -0.384 e. The van der Waals surface area contributed by atoms with Crippen molar-refractivity contribution >= 4 is 6.29 Å². The minimum absolute atomic E-state index is 0.0650. The van der Waals surface area contributed by atoms with Crippen LogP contribution in [0.1, 0.15) is 64.2 Å². The summed E-state index contributed by atoms with van der Waals surface area (Å²) in [4.78, 5) is 11.5. The predicted octanol–water partition coefficient (Wildman–Crippen LogP) is 4.38. The van der Waals surface area contributed by atoms with Crippen LogP contribution in [0.3, 0.4) is 0 Å². The van der Waals surface area contributed by atoms with E-state index in [0.717, 1.165) is 6.29 Å². The molecule has 0 heterocycles. The summed E-state index contributed by atoms with van der Waals surface area (Å²) < 4.78 is 5.34. The Hall–Kier alpha value is -1.15. The molecule has 1 aromatic carbocycles. The largest absolute Gasteiger partial charge is 0.384 e. The van der Waals surface area contributed by atoms with Gasteiger partial charge in [0.2, 0.25) is 0 Å². The summed E-state index contributed by atoms with van der Waals surface area (Å²) in [7, 11) is 1.72. The van der Waals surface area contributed by atoms with Crippen LogP contribution in [0.5, 0.6) is 0 Å². The molecule has 1 fully saturated rings. The van der Waals surface area contributed by atoms with Gasteiger partial charge in [-0.15, -0.1) is 0 Å². The van der Waals surface area contributed by atoms with E-state index < -0.39 is 0 Å². The van der Waals surface area contributed by atoms with Gasteiger partial charge in [-0.1, -0.05) is 52.8 Å². The topological polar surface area (TPSA) is 26.3 Å². The lowest BCUT2D eigenvalue weighted by Gasteiger charge is -2.42. The molecule has 0 spiro atoms. The zero-order chi connectivity index (χ0) is 17.0. The Morgan fingerprint density at radius 3 is 2.26 bits per heavy atom. The summed E-state index contributed by atoms with van der Waals surface area (Å²) in [5, 5.41) is 0. The van der Waals surface area contributed by atoms with Crippen LogP contribution in [0.2, 0.25) is 0 Å². The lowest BCUT2D eigenvalue weighted by molar-refractivity contribution is -0.109. The van der Waals surface area contributed by atoms with Gasteiger partial charge < -0.3 is 9.53 Å². The van der Waals surface area contributed by atoms with E-state index in [2.05, 4.69) is 52.8 Å². The van der Waals surface area contributed by atoms with Crippen LogP contribution in [-0.4, -0.2) is 20.0 Å². The molecule has 0 aromatic heterocycles. The molecule has 23 heavy (non-hydrogen) atoms. The molecule has 2 aliphatic carbocycles. The monoisotopic (exact) mass is 314 g/mol. The Labute approximate surface area is 140 Å². The van der Waals surface area contributed by atoms with Gasteiger partial charge in [0.25, 0.3) is 0 Å². The molecule has 1 aromatic rings. The summed E-state index contributed by atoms with van der Waals surface area (Å²) in [6.45, 7) is 12.3. The summed E-state index contributed by atoms with van der Waals surface area (Å²) in [5.74, 6) is 0.392. The molecule has 1 saturated carbocycles. The smallest absolute Gasteiger partial charge is 0.124 e. The van der Waals surface area contributed by atoms with Gasteiger partial charge in [0, 0.05) is 24.4 Å². The number of fused-ring (bicyclic) bond motifs is 1. The van der Waals surface area contributed by atoms with Crippen LogP contribution in [0.4, 0.5) is 0 Å². The van der Waals surface area contributed by atoms with Crippen LogP contribution in [0, 0.1) is 11.8 Å². The van der Waals surface area contributed by atoms with Crippen molar-refractivity contribution in [2.24, 2.45) is 11.8 Å². The Morgan fingerprint density at radius 2 is 1.70 bits per heavy atom. The summed E-state index contributed by atoms with van der Waals surface area (Å²) in [5.41, 5.74) is 4.64. The van der Waals surface area contributed by atoms with Crippen LogP contribution in [0.25, 0.3) is 0 Å². The standard InChI is InChI=1S/C21H30O2/c1-19(2)9-10-20(3,4)16-11-14(7-8-15(16)19)21(5)17(12-22)18(21)13-23-6/h7-8,11-12,17-18H,9-10,13H2,1-6H3. The van der Waals surface area contributed by atoms with Gasteiger partial charge in [-0.3, -0.25) is 0 Å². The fourth-order valence-corrected chi connectivity index (χ4v) is 4.66. The zero-order valence-corrected chi connectivity index (χ0v) is 15.4. The fourth-order valence-electron chi connectivity index (χ4n) is 4.66. The van der Waals surface area contributed by atoms with Crippen LogP contribution in [0.15, 0.2) is 18.2 Å². The highest BCUT2D eigenvalue weighted by Gasteiger charge is 2.62. The Kier molecular flexibility index (Phi) is 3.76. The molecule has 3 atom stereocenters. The molecule has 2 heteroatoms. The molecule has 0 radical (unpaired) electrons. The van der Waals surface area contributed by atoms with Crippen molar-refractivity contribution in [1.82, 2.24) is 0 Å². The van der Waals surface area contributed by atoms with Crippen LogP contribution < -0.4 is 0 Å². The van der Waals surface area contributed by atoms with Crippen LogP contribution >= 0.6 is 0 Å². The molecule has 2 nitrogen and oxygen atoms in total. The first-order chi connectivity index (χ1) is 10.7. The van der Waals surface area contributed by atoms with Gasteiger partial charge in [-0.05, 0) is 40.4 Å². The summed E-state index contributed by atoms with van der Waals surface area (Å²) in [6, 6.07) is 6.97. The summed E-state index contributed by atoms with van der Waals surface area (Å²) in [6.07, 6.45) is 3.57. The maximum absolute atomic E-state index is 11.5. The second-order valence-electron chi connectivity index (χ2n) is 9.03. The first kappa shape index (κ1) is 16.7. The van der Waals surface area contributed by atoms with E-state index >= 15 is 0 Å². The molecule has 3 rings (SSSR count). The SMILES string of the molecule is COCC1C(C=O)C1(C)c1ccc2c(c1)C(C)(C)CCC2(C)C. The Morgan fingerprint density at radius 1 is 1.09 bits per heavy atom. The third kappa shape index (κ3) is 2.38. The number of hydrogen-bond donors (Lipinski definition) is 0. The zero-order valence-electron chi connectivity index (χ0n) is 15.4. The highest BCUT2D eigenvalue weighted by Crippen LogP contribution is 2.59. The number of rotatable bonds is 4. The van der Waals surface area contributed by atoms with E-state index in [9.17, 15) is 4.79 Å². The highest BCUT2D eigenvalue weighted by atomic mass is 16.5. The number of carbonyl (C=O) groups excluding carboxylic acids is 1. The van der Waals surface area contributed by atoms with E-state index in [1.165, 1.54) is 29.5 Å². The predicted molar refractivity (Wildman–Crippen MR) is 94.0 cm³/mol. The van der Waals surface area contributed by atoms with Crippen molar-refractivity contribution in [2.45, 2.75) is 63.7 Å². The van der Waals surface area contributed by atoms with Gasteiger partial charge in [-0.25, -0.2) is 0 Å². The Bertz CT molecular complexity index is 629. The van der Waals surface area contributed by atoms with Gasteiger partial charge in [0.1, 0.15) is 6.29 Å². The van der Waals surface area contributed by atoms with Crippen molar-refractivity contribution in [2.75, 3.05) is 13.7 Å². The first-order valence-electron chi connectivity index (χ1n) is 8.78. The number of ether oxygens (including phenoxy) is 1. The van der Waals surface area contributed by atoms with E-state index in [1.807, 2.05) is 0 Å². The molecule has 0 aliphatic heterocycles. The molecule has 0 bridgehead atoms. The van der Waals surface area contributed by atoms with Gasteiger partial charge in [0.15, 0.2) is 0 Å². The second kappa shape index (κ2) is 5.17. The number of carbonyl (C=O) groups is 1. The van der Waals surface area contributed by atoms with Gasteiger partial charge in [0.05, 0.1) is 6.61 Å². The molecular formula is C21H30O2. The van der Waals surface area contributed by atoms with Crippen molar-refractivity contribution in [3.05, 3.63) is 34.9 Å². The molecule has 0 amide bonds. The third-order valence-corrected chi connectivity index (χ3v) is 6.75. The van der Waals surface area contributed by atoms with E-state index in [4.69, 9.17) is 4.74 Å². The number of aldehydes is 1. The van der Waals surface area contributed by atoms with Gasteiger partial charge in [-0.2, -0.15) is 0 Å². The highest BCUT2D eigenvalue weighted by molar-refractivity contribution is 5.66. The minimum atomic E-state index is -0.0650. The van der Waals surface area contributed by atoms with E-state index in [0.29, 0.717) is 12.5 Å². The van der Waals surface area contributed by atoms with Crippen molar-refractivity contribution in [3.63, 3.8) is 0 Å². The average molecular weight is 314 g/mol. The third-order valence-electron chi connectivity index (χ3n) is 6.75.